The quantitative estimate of drug-likeness (QED) is 0.713. The molecular formula is C14H16N2. The van der Waals surface area contributed by atoms with E-state index in [1.54, 1.807) is 0 Å². The van der Waals surface area contributed by atoms with E-state index in [1.165, 1.54) is 24.9 Å². The standard InChI is InChI=1S/C14H16N2/c1-16-7-6-14(8-12(14)10-16)13-5-3-2-4-11(13)9-15/h2-5,12H,6-8,10H2,1H3. The van der Waals surface area contributed by atoms with Gasteiger partial charge in [0.25, 0.3) is 0 Å². The van der Waals surface area contributed by atoms with Crippen LogP contribution in [-0.4, -0.2) is 25.0 Å². The number of likely N-dealkylation sites (tertiary alicyclic amines) is 1. The van der Waals surface area contributed by atoms with E-state index in [2.05, 4.69) is 30.1 Å². The molecule has 2 fully saturated rings. The van der Waals surface area contributed by atoms with Crippen molar-refractivity contribution < 1.29 is 0 Å². The van der Waals surface area contributed by atoms with E-state index in [9.17, 15) is 5.26 Å². The highest BCUT2D eigenvalue weighted by atomic mass is 15.1. The van der Waals surface area contributed by atoms with Crippen molar-refractivity contribution in [1.29, 1.82) is 5.26 Å². The first-order chi connectivity index (χ1) is 7.76. The van der Waals surface area contributed by atoms with Crippen molar-refractivity contribution >= 4 is 0 Å². The van der Waals surface area contributed by atoms with Crippen LogP contribution in [0.15, 0.2) is 24.3 Å². The Kier molecular flexibility index (Phi) is 2.05. The van der Waals surface area contributed by atoms with E-state index in [-0.39, 0.29) is 0 Å². The van der Waals surface area contributed by atoms with E-state index in [0.29, 0.717) is 5.41 Å². The van der Waals surface area contributed by atoms with Gasteiger partial charge in [-0.3, -0.25) is 0 Å². The molecule has 0 radical (unpaired) electrons. The molecule has 2 atom stereocenters. The molecule has 2 nitrogen and oxygen atoms in total. The lowest BCUT2D eigenvalue weighted by Gasteiger charge is -2.29. The topological polar surface area (TPSA) is 27.0 Å². The van der Waals surface area contributed by atoms with E-state index < -0.39 is 0 Å². The lowest BCUT2D eigenvalue weighted by atomic mass is 9.85. The Bertz CT molecular complexity index is 460. The Morgan fingerprint density at radius 2 is 2.25 bits per heavy atom. The summed E-state index contributed by atoms with van der Waals surface area (Å²) in [6.45, 7) is 2.36. The van der Waals surface area contributed by atoms with Gasteiger partial charge in [-0.1, -0.05) is 18.2 Å². The van der Waals surface area contributed by atoms with Gasteiger partial charge in [0.1, 0.15) is 0 Å². The number of nitriles is 1. The number of fused-ring (bicyclic) bond motifs is 1. The summed E-state index contributed by atoms with van der Waals surface area (Å²) in [7, 11) is 2.19. The molecule has 1 heterocycles. The summed E-state index contributed by atoms with van der Waals surface area (Å²) in [5.41, 5.74) is 2.53. The highest BCUT2D eigenvalue weighted by molar-refractivity contribution is 5.47. The lowest BCUT2D eigenvalue weighted by Crippen LogP contribution is -2.33. The summed E-state index contributed by atoms with van der Waals surface area (Å²) in [5.74, 6) is 0.778. The van der Waals surface area contributed by atoms with Gasteiger partial charge in [0.05, 0.1) is 11.6 Å². The molecule has 1 aromatic carbocycles. The molecule has 1 saturated carbocycles. The number of piperidine rings is 1. The molecule has 3 rings (SSSR count). The fraction of sp³-hybridized carbons (Fsp3) is 0.500. The zero-order valence-corrected chi connectivity index (χ0v) is 9.61. The van der Waals surface area contributed by atoms with Crippen LogP contribution >= 0.6 is 0 Å². The highest BCUT2D eigenvalue weighted by Gasteiger charge is 2.57. The normalized spacial score (nSPS) is 32.9. The first-order valence-electron chi connectivity index (χ1n) is 5.94. The molecular weight excluding hydrogens is 196 g/mol. The van der Waals surface area contributed by atoms with Gasteiger partial charge in [-0.25, -0.2) is 0 Å². The molecule has 16 heavy (non-hydrogen) atoms. The van der Waals surface area contributed by atoms with Gasteiger partial charge in [0.15, 0.2) is 0 Å². The van der Waals surface area contributed by atoms with Crippen LogP contribution in [0.25, 0.3) is 0 Å². The Morgan fingerprint density at radius 1 is 1.44 bits per heavy atom. The maximum Gasteiger partial charge on any atom is 0.0994 e. The third kappa shape index (κ3) is 1.28. The van der Waals surface area contributed by atoms with Crippen LogP contribution in [0.1, 0.15) is 24.0 Å². The zero-order valence-electron chi connectivity index (χ0n) is 9.61. The van der Waals surface area contributed by atoms with E-state index in [0.717, 1.165) is 18.0 Å². The molecule has 0 N–H and O–H groups in total. The van der Waals surface area contributed by atoms with Crippen molar-refractivity contribution in [3.63, 3.8) is 0 Å². The predicted octanol–water partition coefficient (Wildman–Crippen LogP) is 2.15. The minimum Gasteiger partial charge on any atom is -0.306 e. The Hall–Kier alpha value is -1.33. The monoisotopic (exact) mass is 212 g/mol. The first-order valence-corrected chi connectivity index (χ1v) is 5.94. The summed E-state index contributed by atoms with van der Waals surface area (Å²) in [4.78, 5) is 2.41. The van der Waals surface area contributed by atoms with E-state index >= 15 is 0 Å². The predicted molar refractivity (Wildman–Crippen MR) is 63.1 cm³/mol. The molecule has 1 saturated heterocycles. The second kappa shape index (κ2) is 3.33. The van der Waals surface area contributed by atoms with Crippen LogP contribution in [0.3, 0.4) is 0 Å². The molecule has 82 valence electrons. The van der Waals surface area contributed by atoms with Crippen molar-refractivity contribution in [3.05, 3.63) is 35.4 Å². The summed E-state index contributed by atoms with van der Waals surface area (Å²) >= 11 is 0. The van der Waals surface area contributed by atoms with Crippen LogP contribution < -0.4 is 0 Å². The lowest BCUT2D eigenvalue weighted by molar-refractivity contribution is 0.248. The molecule has 0 spiro atoms. The molecule has 0 bridgehead atoms. The number of rotatable bonds is 1. The van der Waals surface area contributed by atoms with Gasteiger partial charge in [-0.15, -0.1) is 0 Å². The van der Waals surface area contributed by atoms with Crippen LogP contribution in [0.4, 0.5) is 0 Å². The van der Waals surface area contributed by atoms with Gasteiger partial charge < -0.3 is 4.90 Å². The zero-order chi connectivity index (χ0) is 11.2. The second-order valence-corrected chi connectivity index (χ2v) is 5.23. The number of hydrogen-bond donors (Lipinski definition) is 0. The fourth-order valence-electron chi connectivity index (χ4n) is 3.26. The second-order valence-electron chi connectivity index (χ2n) is 5.23. The first kappa shape index (κ1) is 9.86. The maximum atomic E-state index is 9.17. The van der Waals surface area contributed by atoms with Crippen molar-refractivity contribution in [2.24, 2.45) is 5.92 Å². The van der Waals surface area contributed by atoms with Crippen LogP contribution in [-0.2, 0) is 5.41 Å². The fourth-order valence-corrected chi connectivity index (χ4v) is 3.26. The SMILES string of the molecule is CN1CCC2(c3ccccc3C#N)CC2C1. The third-order valence-corrected chi connectivity index (χ3v) is 4.29. The van der Waals surface area contributed by atoms with Crippen molar-refractivity contribution in [2.75, 3.05) is 20.1 Å². The van der Waals surface area contributed by atoms with E-state index in [1.807, 2.05) is 12.1 Å². The van der Waals surface area contributed by atoms with Crippen molar-refractivity contribution in [1.82, 2.24) is 4.90 Å². The largest absolute Gasteiger partial charge is 0.306 e. The minimum absolute atomic E-state index is 0.346. The van der Waals surface area contributed by atoms with Crippen molar-refractivity contribution in [3.8, 4) is 6.07 Å². The average molecular weight is 212 g/mol. The van der Waals surface area contributed by atoms with Crippen LogP contribution in [0.2, 0.25) is 0 Å². The summed E-state index contributed by atoms with van der Waals surface area (Å²) in [6.07, 6.45) is 2.49. The summed E-state index contributed by atoms with van der Waals surface area (Å²) in [6, 6.07) is 10.5. The number of nitrogens with zero attached hydrogens (tertiary/aromatic N) is 2. The molecule has 0 aromatic heterocycles. The minimum atomic E-state index is 0.346. The van der Waals surface area contributed by atoms with Gasteiger partial charge in [0, 0.05) is 12.0 Å². The van der Waals surface area contributed by atoms with Crippen molar-refractivity contribution in [2.45, 2.75) is 18.3 Å². The van der Waals surface area contributed by atoms with Gasteiger partial charge >= 0.3 is 0 Å². The molecule has 1 aliphatic carbocycles. The number of benzene rings is 1. The molecule has 2 heteroatoms. The Morgan fingerprint density at radius 3 is 3.00 bits per heavy atom. The molecule has 2 unspecified atom stereocenters. The molecule has 1 aromatic rings. The summed E-state index contributed by atoms with van der Waals surface area (Å²) < 4.78 is 0. The van der Waals surface area contributed by atoms with Gasteiger partial charge in [-0.05, 0) is 44.0 Å². The smallest absolute Gasteiger partial charge is 0.0994 e. The highest BCUT2D eigenvalue weighted by Crippen LogP contribution is 2.59. The van der Waals surface area contributed by atoms with Crippen LogP contribution in [0, 0.1) is 17.2 Å². The van der Waals surface area contributed by atoms with Crippen LogP contribution in [0.5, 0.6) is 0 Å². The molecule has 2 aliphatic rings. The van der Waals surface area contributed by atoms with E-state index in [4.69, 9.17) is 0 Å². The molecule has 0 amide bonds. The molecule has 1 aliphatic heterocycles. The Labute approximate surface area is 96.5 Å². The Balaban J connectivity index is 1.97. The van der Waals surface area contributed by atoms with Gasteiger partial charge in [0.2, 0.25) is 0 Å². The van der Waals surface area contributed by atoms with Gasteiger partial charge in [-0.2, -0.15) is 5.26 Å². The third-order valence-electron chi connectivity index (χ3n) is 4.29. The maximum absolute atomic E-state index is 9.17. The number of hydrogen-bond acceptors (Lipinski definition) is 2. The summed E-state index contributed by atoms with van der Waals surface area (Å²) in [5, 5.41) is 9.17. The average Bonchev–Trinajstić information content (AvgIpc) is 3.03.